The number of amides is 1. The average Bonchev–Trinajstić information content (AvgIpc) is 3.16. The number of carbonyl (C=O) groups is 1. The van der Waals surface area contributed by atoms with Crippen LogP contribution < -0.4 is 5.01 Å². The van der Waals surface area contributed by atoms with Gasteiger partial charge in [-0.15, -0.1) is 0 Å². The molecule has 2 saturated carbocycles. The fourth-order valence-corrected chi connectivity index (χ4v) is 6.45. The van der Waals surface area contributed by atoms with Gasteiger partial charge in [-0.3, -0.25) is 4.79 Å². The van der Waals surface area contributed by atoms with Gasteiger partial charge in [-0.05, 0) is 47.8 Å². The van der Waals surface area contributed by atoms with E-state index < -0.39 is 23.3 Å². The van der Waals surface area contributed by atoms with E-state index in [-0.39, 0.29) is 52.4 Å². The summed E-state index contributed by atoms with van der Waals surface area (Å²) >= 11 is 0. The maximum atomic E-state index is 14.8. The first kappa shape index (κ1) is 20.5. The zero-order chi connectivity index (χ0) is 22.3. The third kappa shape index (κ3) is 2.65. The summed E-state index contributed by atoms with van der Waals surface area (Å²) in [5.41, 5.74) is -0.208. The number of rotatable bonds is 3. The van der Waals surface area contributed by atoms with E-state index in [0.29, 0.717) is 0 Å². The third-order valence-corrected chi connectivity index (χ3v) is 8.36. The van der Waals surface area contributed by atoms with Crippen LogP contribution in [0.1, 0.15) is 39.2 Å². The maximum absolute atomic E-state index is 14.8. The zero-order valence-electron chi connectivity index (χ0n) is 17.6. The molecule has 2 aromatic rings. The molecule has 1 aliphatic heterocycles. The molecule has 5 rings (SSSR count). The minimum atomic E-state index is -0.852. The normalized spacial score (nSPS) is 31.5. The zero-order valence-corrected chi connectivity index (χ0v) is 17.6. The second kappa shape index (κ2) is 6.55. The molecule has 1 heterocycles. The van der Waals surface area contributed by atoms with E-state index in [1.54, 1.807) is 5.01 Å². The molecule has 2 aliphatic carbocycles. The lowest BCUT2D eigenvalue weighted by atomic mass is 9.69. The molecule has 2 bridgehead atoms. The number of hydrazine groups is 1. The first-order valence-electron chi connectivity index (χ1n) is 10.6. The number of halogens is 4. The van der Waals surface area contributed by atoms with Gasteiger partial charge in [0.25, 0.3) is 0 Å². The van der Waals surface area contributed by atoms with Gasteiger partial charge in [0.1, 0.15) is 17.5 Å². The molecule has 0 aromatic heterocycles. The molecule has 3 nitrogen and oxygen atoms in total. The number of benzene rings is 2. The molecule has 2 unspecified atom stereocenters. The number of hydrogen-bond donors (Lipinski definition) is 0. The van der Waals surface area contributed by atoms with Crippen molar-refractivity contribution in [2.24, 2.45) is 22.7 Å². The Labute approximate surface area is 178 Å². The van der Waals surface area contributed by atoms with Crippen molar-refractivity contribution in [2.45, 2.75) is 46.2 Å². The number of nitrogens with zero attached hydrogens (tertiary/aromatic N) is 2. The summed E-state index contributed by atoms with van der Waals surface area (Å²) in [4.78, 5) is 13.7. The Morgan fingerprint density at radius 3 is 2.26 bits per heavy atom. The largest absolute Gasteiger partial charge is 0.273 e. The predicted octanol–water partition coefficient (Wildman–Crippen LogP) is 5.45. The lowest BCUT2D eigenvalue weighted by Crippen LogP contribution is -2.50. The van der Waals surface area contributed by atoms with Crippen LogP contribution in [0.2, 0.25) is 0 Å². The topological polar surface area (TPSA) is 23.6 Å². The molecule has 7 heteroatoms. The first-order valence-corrected chi connectivity index (χ1v) is 10.6. The summed E-state index contributed by atoms with van der Waals surface area (Å²) in [6.07, 6.45) is 1.80. The Morgan fingerprint density at radius 1 is 0.968 bits per heavy atom. The molecule has 31 heavy (non-hydrogen) atoms. The highest BCUT2D eigenvalue weighted by Crippen LogP contribution is 2.71. The molecule has 0 N–H and O–H groups in total. The van der Waals surface area contributed by atoms with E-state index in [9.17, 15) is 22.4 Å². The summed E-state index contributed by atoms with van der Waals surface area (Å²) in [5, 5.41) is 2.99. The first-order chi connectivity index (χ1) is 14.6. The summed E-state index contributed by atoms with van der Waals surface area (Å²) in [5.74, 6) is -3.49. The van der Waals surface area contributed by atoms with Crippen LogP contribution in [-0.4, -0.2) is 17.0 Å². The fraction of sp³-hybridized carbons (Fsp3) is 0.458. The number of anilines is 1. The number of carbonyl (C=O) groups excluding carboxylic acids is 1. The van der Waals surface area contributed by atoms with Crippen LogP contribution in [0, 0.1) is 45.9 Å². The van der Waals surface area contributed by atoms with Crippen molar-refractivity contribution in [3.8, 4) is 0 Å². The standard InChI is InChI=1S/C24H24F4N2O/c1-23(2)16-8-9-24(23,3)21-20(16)22(31)30(19-7-6-15(26)11-18(19)28)29(21)12-13-4-5-14(25)10-17(13)27/h4-7,10-11,16,20-21H,8-9,12H2,1-3H3/t16-,20?,21?,24+/m0/s1. The van der Waals surface area contributed by atoms with E-state index in [1.807, 2.05) is 0 Å². The van der Waals surface area contributed by atoms with Crippen molar-refractivity contribution >= 4 is 11.6 Å². The second-order valence-corrected chi connectivity index (χ2v) is 9.83. The molecule has 3 aliphatic rings. The Balaban J connectivity index is 1.65. The van der Waals surface area contributed by atoms with Crippen molar-refractivity contribution in [3.05, 3.63) is 65.2 Å². The lowest BCUT2D eigenvalue weighted by molar-refractivity contribution is -0.122. The van der Waals surface area contributed by atoms with Crippen LogP contribution in [0.15, 0.2) is 36.4 Å². The summed E-state index contributed by atoms with van der Waals surface area (Å²) < 4.78 is 56.3. The molecular weight excluding hydrogens is 408 g/mol. The van der Waals surface area contributed by atoms with Crippen LogP contribution in [0.4, 0.5) is 23.2 Å². The Bertz CT molecular complexity index is 1090. The van der Waals surface area contributed by atoms with Gasteiger partial charge in [0.05, 0.1) is 11.6 Å². The van der Waals surface area contributed by atoms with Crippen molar-refractivity contribution in [1.82, 2.24) is 5.01 Å². The van der Waals surface area contributed by atoms with E-state index in [4.69, 9.17) is 0 Å². The molecule has 3 fully saturated rings. The van der Waals surface area contributed by atoms with Crippen LogP contribution >= 0.6 is 0 Å². The van der Waals surface area contributed by atoms with Gasteiger partial charge in [0, 0.05) is 30.3 Å². The number of fused-ring (bicyclic) bond motifs is 5. The van der Waals surface area contributed by atoms with E-state index in [2.05, 4.69) is 20.8 Å². The highest BCUT2D eigenvalue weighted by molar-refractivity contribution is 5.98. The Morgan fingerprint density at radius 2 is 1.61 bits per heavy atom. The van der Waals surface area contributed by atoms with Crippen LogP contribution in [-0.2, 0) is 11.3 Å². The molecule has 0 spiro atoms. The van der Waals surface area contributed by atoms with Crippen LogP contribution in [0.5, 0.6) is 0 Å². The second-order valence-electron chi connectivity index (χ2n) is 9.83. The highest BCUT2D eigenvalue weighted by atomic mass is 19.1. The van der Waals surface area contributed by atoms with Crippen molar-refractivity contribution in [1.29, 1.82) is 0 Å². The van der Waals surface area contributed by atoms with Gasteiger partial charge in [0.15, 0.2) is 5.82 Å². The van der Waals surface area contributed by atoms with E-state index >= 15 is 0 Å². The molecule has 4 atom stereocenters. The lowest BCUT2D eigenvalue weighted by Gasteiger charge is -2.44. The van der Waals surface area contributed by atoms with E-state index in [0.717, 1.165) is 31.0 Å². The highest BCUT2D eigenvalue weighted by Gasteiger charge is 2.73. The predicted molar refractivity (Wildman–Crippen MR) is 108 cm³/mol. The molecule has 164 valence electrons. The monoisotopic (exact) mass is 432 g/mol. The third-order valence-electron chi connectivity index (χ3n) is 8.36. The Hall–Kier alpha value is -2.41. The van der Waals surface area contributed by atoms with Crippen LogP contribution in [0.25, 0.3) is 0 Å². The van der Waals surface area contributed by atoms with Gasteiger partial charge in [0.2, 0.25) is 5.91 Å². The van der Waals surface area contributed by atoms with Crippen molar-refractivity contribution in [2.75, 3.05) is 5.01 Å². The maximum Gasteiger partial charge on any atom is 0.246 e. The Kier molecular flexibility index (Phi) is 4.33. The molecule has 1 amide bonds. The smallest absolute Gasteiger partial charge is 0.246 e. The molecule has 0 radical (unpaired) electrons. The van der Waals surface area contributed by atoms with Gasteiger partial charge in [-0.25, -0.2) is 27.6 Å². The van der Waals surface area contributed by atoms with Crippen molar-refractivity contribution in [3.63, 3.8) is 0 Å². The SMILES string of the molecule is CC1(C)[C@H]2CC[C@]1(C)C1C2C(=O)N(c2ccc(F)cc2F)N1Cc1ccc(F)cc1F. The van der Waals surface area contributed by atoms with Gasteiger partial charge >= 0.3 is 0 Å². The summed E-state index contributed by atoms with van der Waals surface area (Å²) in [6.45, 7) is 6.45. The summed E-state index contributed by atoms with van der Waals surface area (Å²) in [6, 6.07) is 6.16. The van der Waals surface area contributed by atoms with E-state index in [1.165, 1.54) is 23.2 Å². The van der Waals surface area contributed by atoms with Gasteiger partial charge in [-0.2, -0.15) is 0 Å². The fourth-order valence-electron chi connectivity index (χ4n) is 6.45. The average molecular weight is 432 g/mol. The number of hydrogen-bond acceptors (Lipinski definition) is 2. The van der Waals surface area contributed by atoms with Crippen molar-refractivity contribution < 1.29 is 22.4 Å². The van der Waals surface area contributed by atoms with Gasteiger partial charge in [-0.1, -0.05) is 26.8 Å². The quantitative estimate of drug-likeness (QED) is 0.603. The molecule has 1 saturated heterocycles. The van der Waals surface area contributed by atoms with Crippen LogP contribution in [0.3, 0.4) is 0 Å². The molecular formula is C24H24F4N2O. The molecule has 2 aromatic carbocycles. The van der Waals surface area contributed by atoms with Gasteiger partial charge < -0.3 is 0 Å². The summed E-state index contributed by atoms with van der Waals surface area (Å²) in [7, 11) is 0. The minimum Gasteiger partial charge on any atom is -0.273 e. The minimum absolute atomic E-state index is 0.0196.